The van der Waals surface area contributed by atoms with Gasteiger partial charge in [-0.25, -0.2) is 0 Å². The fourth-order valence-electron chi connectivity index (χ4n) is 2.00. The molecule has 0 aliphatic heterocycles. The lowest BCUT2D eigenvalue weighted by atomic mass is 10.1. The lowest BCUT2D eigenvalue weighted by Crippen LogP contribution is -2.15. The summed E-state index contributed by atoms with van der Waals surface area (Å²) in [6.07, 6.45) is 0.158. The second-order valence-corrected chi connectivity index (χ2v) is 4.80. The molecular formula is C15H16N2O4. The van der Waals surface area contributed by atoms with E-state index >= 15 is 0 Å². The molecule has 0 unspecified atom stereocenters. The number of nitrogens with one attached hydrogen (secondary N) is 1. The van der Waals surface area contributed by atoms with Crippen LogP contribution in [0.5, 0.6) is 0 Å². The zero-order chi connectivity index (χ0) is 15.4. The molecule has 6 nitrogen and oxygen atoms in total. The first-order valence-corrected chi connectivity index (χ1v) is 6.48. The fraction of sp³-hybridized carbons (Fsp3) is 0.267. The van der Waals surface area contributed by atoms with E-state index in [9.17, 15) is 9.59 Å². The molecular weight excluding hydrogens is 272 g/mol. The number of carboxylic acids is 1. The number of carboxylic acid groups (broad SMARTS) is 1. The molecule has 0 radical (unpaired) electrons. The summed E-state index contributed by atoms with van der Waals surface area (Å²) in [5.41, 5.74) is 2.81. The van der Waals surface area contributed by atoms with Crippen LogP contribution in [0.2, 0.25) is 0 Å². The van der Waals surface area contributed by atoms with Gasteiger partial charge in [0.05, 0.1) is 18.5 Å². The first-order chi connectivity index (χ1) is 9.95. The van der Waals surface area contributed by atoms with Gasteiger partial charge in [-0.1, -0.05) is 17.3 Å². The number of rotatable bonds is 5. The summed E-state index contributed by atoms with van der Waals surface area (Å²) in [6, 6.07) is 6.73. The largest absolute Gasteiger partial charge is 0.481 e. The molecule has 0 saturated heterocycles. The Morgan fingerprint density at radius 1 is 1.19 bits per heavy atom. The number of carbonyl (C=O) groups excluding carboxylic acids is 1. The molecule has 1 amide bonds. The molecule has 1 heterocycles. The molecule has 110 valence electrons. The van der Waals surface area contributed by atoms with Crippen molar-refractivity contribution in [1.82, 2.24) is 5.16 Å². The van der Waals surface area contributed by atoms with E-state index in [1.165, 1.54) is 0 Å². The van der Waals surface area contributed by atoms with Gasteiger partial charge in [0.2, 0.25) is 5.91 Å². The minimum Gasteiger partial charge on any atom is -0.481 e. The monoisotopic (exact) mass is 288 g/mol. The Morgan fingerprint density at radius 2 is 1.86 bits per heavy atom. The number of carbonyl (C=O) groups is 2. The van der Waals surface area contributed by atoms with Gasteiger partial charge in [-0.3, -0.25) is 9.59 Å². The Morgan fingerprint density at radius 3 is 2.38 bits per heavy atom. The van der Waals surface area contributed by atoms with Crippen molar-refractivity contribution in [2.45, 2.75) is 26.7 Å². The van der Waals surface area contributed by atoms with Crippen molar-refractivity contribution in [2.24, 2.45) is 0 Å². The number of nitrogens with zero attached hydrogens (tertiary/aromatic N) is 1. The molecule has 2 N–H and O–H groups in total. The zero-order valence-corrected chi connectivity index (χ0v) is 11.8. The predicted molar refractivity (Wildman–Crippen MR) is 76.1 cm³/mol. The fourth-order valence-corrected chi connectivity index (χ4v) is 2.00. The van der Waals surface area contributed by atoms with Crippen molar-refractivity contribution in [3.05, 3.63) is 46.8 Å². The van der Waals surface area contributed by atoms with Crippen molar-refractivity contribution >= 4 is 17.6 Å². The molecule has 0 spiro atoms. The molecule has 1 aromatic heterocycles. The second kappa shape index (κ2) is 6.21. The van der Waals surface area contributed by atoms with Gasteiger partial charge in [0.25, 0.3) is 0 Å². The summed E-state index contributed by atoms with van der Waals surface area (Å²) in [7, 11) is 0. The van der Waals surface area contributed by atoms with Crippen molar-refractivity contribution in [3.63, 3.8) is 0 Å². The van der Waals surface area contributed by atoms with Gasteiger partial charge in [-0.15, -0.1) is 0 Å². The number of aryl methyl sites for hydroxylation is 2. The molecule has 0 aliphatic carbocycles. The Bertz CT molecular complexity index is 639. The summed E-state index contributed by atoms with van der Waals surface area (Å²) < 4.78 is 5.01. The summed E-state index contributed by atoms with van der Waals surface area (Å²) in [5.74, 6) is -0.417. The van der Waals surface area contributed by atoms with Gasteiger partial charge in [-0.2, -0.15) is 0 Å². The number of aliphatic carboxylic acids is 1. The number of hydrogen-bond donors (Lipinski definition) is 2. The van der Waals surface area contributed by atoms with Gasteiger partial charge >= 0.3 is 5.97 Å². The van der Waals surface area contributed by atoms with Crippen LogP contribution in [0.25, 0.3) is 0 Å². The Hall–Kier alpha value is -2.63. The molecule has 1 aromatic carbocycles. The van der Waals surface area contributed by atoms with Gasteiger partial charge in [0, 0.05) is 11.3 Å². The maximum absolute atomic E-state index is 12.0. The van der Waals surface area contributed by atoms with E-state index in [-0.39, 0.29) is 18.7 Å². The standard InChI is InChI=1S/C15H16N2O4/c1-9-13(10(2)21-17-9)8-14(18)16-12-5-3-11(4-6-12)7-15(19)20/h3-6H,7-8H2,1-2H3,(H,16,18)(H,19,20). The number of hydrogen-bond acceptors (Lipinski definition) is 4. The summed E-state index contributed by atoms with van der Waals surface area (Å²) >= 11 is 0. The van der Waals surface area contributed by atoms with Gasteiger partial charge in [-0.05, 0) is 31.5 Å². The first kappa shape index (κ1) is 14.8. The van der Waals surface area contributed by atoms with Crippen molar-refractivity contribution in [1.29, 1.82) is 0 Å². The molecule has 0 aliphatic rings. The van der Waals surface area contributed by atoms with E-state index in [0.717, 1.165) is 5.56 Å². The van der Waals surface area contributed by atoms with E-state index in [2.05, 4.69) is 10.5 Å². The minimum absolute atomic E-state index is 0.0344. The maximum atomic E-state index is 12.0. The molecule has 0 fully saturated rings. The highest BCUT2D eigenvalue weighted by atomic mass is 16.5. The van der Waals surface area contributed by atoms with Crippen molar-refractivity contribution in [3.8, 4) is 0 Å². The third-order valence-corrected chi connectivity index (χ3v) is 3.11. The number of amides is 1. The molecule has 6 heteroatoms. The molecule has 0 saturated carbocycles. The van der Waals surface area contributed by atoms with Crippen LogP contribution < -0.4 is 5.32 Å². The van der Waals surface area contributed by atoms with Crippen LogP contribution in [0.1, 0.15) is 22.6 Å². The molecule has 21 heavy (non-hydrogen) atoms. The second-order valence-electron chi connectivity index (χ2n) is 4.80. The predicted octanol–water partition coefficient (Wildman–Crippen LogP) is 2.10. The normalized spacial score (nSPS) is 10.4. The topological polar surface area (TPSA) is 92.4 Å². The van der Waals surface area contributed by atoms with E-state index in [1.54, 1.807) is 38.1 Å². The van der Waals surface area contributed by atoms with Gasteiger partial charge in [0.1, 0.15) is 5.76 Å². The van der Waals surface area contributed by atoms with E-state index in [4.69, 9.17) is 9.63 Å². The molecule has 2 rings (SSSR count). The highest BCUT2D eigenvalue weighted by molar-refractivity contribution is 5.92. The van der Waals surface area contributed by atoms with Crippen molar-refractivity contribution < 1.29 is 19.2 Å². The van der Waals surface area contributed by atoms with Crippen molar-refractivity contribution in [2.75, 3.05) is 5.32 Å². The Labute approximate surface area is 121 Å². The van der Waals surface area contributed by atoms with Crippen LogP contribution in [0.3, 0.4) is 0 Å². The highest BCUT2D eigenvalue weighted by Gasteiger charge is 2.13. The van der Waals surface area contributed by atoms with E-state index in [0.29, 0.717) is 22.7 Å². The van der Waals surface area contributed by atoms with E-state index in [1.807, 2.05) is 0 Å². The van der Waals surface area contributed by atoms with Crippen LogP contribution in [-0.4, -0.2) is 22.1 Å². The number of anilines is 1. The first-order valence-electron chi connectivity index (χ1n) is 6.48. The summed E-state index contributed by atoms with van der Waals surface area (Å²) in [4.78, 5) is 22.6. The molecule has 2 aromatic rings. The molecule has 0 bridgehead atoms. The third kappa shape index (κ3) is 3.92. The average molecular weight is 288 g/mol. The third-order valence-electron chi connectivity index (χ3n) is 3.11. The lowest BCUT2D eigenvalue weighted by molar-refractivity contribution is -0.136. The zero-order valence-electron chi connectivity index (χ0n) is 11.8. The van der Waals surface area contributed by atoms with Crippen LogP contribution in [0, 0.1) is 13.8 Å². The summed E-state index contributed by atoms with van der Waals surface area (Å²) in [6.45, 7) is 3.56. The number of aromatic nitrogens is 1. The highest BCUT2D eigenvalue weighted by Crippen LogP contribution is 2.15. The van der Waals surface area contributed by atoms with Crippen LogP contribution in [-0.2, 0) is 22.4 Å². The maximum Gasteiger partial charge on any atom is 0.307 e. The van der Waals surface area contributed by atoms with Crippen LogP contribution >= 0.6 is 0 Å². The average Bonchev–Trinajstić information content (AvgIpc) is 2.72. The quantitative estimate of drug-likeness (QED) is 0.879. The molecule has 0 atom stereocenters. The van der Waals surface area contributed by atoms with Crippen LogP contribution in [0.15, 0.2) is 28.8 Å². The Balaban J connectivity index is 1.98. The Kier molecular flexibility index (Phi) is 4.37. The number of benzene rings is 1. The van der Waals surface area contributed by atoms with Gasteiger partial charge in [0.15, 0.2) is 0 Å². The lowest BCUT2D eigenvalue weighted by Gasteiger charge is -2.06. The SMILES string of the molecule is Cc1noc(C)c1CC(=O)Nc1ccc(CC(=O)O)cc1. The van der Waals surface area contributed by atoms with Gasteiger partial charge < -0.3 is 14.9 Å². The summed E-state index contributed by atoms with van der Waals surface area (Å²) in [5, 5.41) is 15.3. The smallest absolute Gasteiger partial charge is 0.307 e. The minimum atomic E-state index is -0.884. The van der Waals surface area contributed by atoms with Crippen LogP contribution in [0.4, 0.5) is 5.69 Å². The van der Waals surface area contributed by atoms with E-state index < -0.39 is 5.97 Å².